The fourth-order valence-electron chi connectivity index (χ4n) is 2.27. The van der Waals surface area contributed by atoms with Crippen molar-refractivity contribution >= 4 is 17.8 Å². The Hall–Kier alpha value is -3.08. The monoisotopic (exact) mass is 354 g/mol. The number of ether oxygens (including phenoxy) is 2. The van der Waals surface area contributed by atoms with Gasteiger partial charge in [-0.3, -0.25) is 9.59 Å². The van der Waals surface area contributed by atoms with Gasteiger partial charge in [0.2, 0.25) is 0 Å². The summed E-state index contributed by atoms with van der Waals surface area (Å²) < 4.78 is 10.9. The Morgan fingerprint density at radius 1 is 1.04 bits per heavy atom. The fourth-order valence-corrected chi connectivity index (χ4v) is 2.27. The summed E-state index contributed by atoms with van der Waals surface area (Å²) in [6.07, 6.45) is 3.79. The van der Waals surface area contributed by atoms with Crippen LogP contribution in [0.4, 0.5) is 0 Å². The molecule has 0 unspecified atom stereocenters. The molecule has 0 heterocycles. The highest BCUT2D eigenvalue weighted by molar-refractivity contribution is 6.06. The van der Waals surface area contributed by atoms with Crippen LogP contribution in [-0.4, -0.2) is 30.1 Å². The van der Waals surface area contributed by atoms with Crippen molar-refractivity contribution in [3.63, 3.8) is 0 Å². The van der Waals surface area contributed by atoms with Gasteiger partial charge in [-0.15, -0.1) is 0 Å². The molecule has 0 radical (unpaired) electrons. The van der Waals surface area contributed by atoms with Gasteiger partial charge in [-0.1, -0.05) is 18.2 Å². The highest BCUT2D eigenvalue weighted by Gasteiger charge is 2.03. The van der Waals surface area contributed by atoms with Crippen LogP contribution in [0.5, 0.6) is 11.5 Å². The van der Waals surface area contributed by atoms with Crippen LogP contribution in [0.25, 0.3) is 6.08 Å². The number of aliphatic carboxylic acids is 1. The zero-order valence-corrected chi connectivity index (χ0v) is 14.7. The number of carbonyl (C=O) groups excluding carboxylic acids is 1. The first-order chi connectivity index (χ1) is 12.6. The molecule has 0 aromatic heterocycles. The number of carbonyl (C=O) groups is 2. The molecule has 0 fully saturated rings. The Labute approximate surface area is 152 Å². The van der Waals surface area contributed by atoms with Crippen LogP contribution >= 0.6 is 0 Å². The zero-order valence-electron chi connectivity index (χ0n) is 14.7. The Balaban J connectivity index is 1.91. The van der Waals surface area contributed by atoms with E-state index in [0.717, 1.165) is 11.3 Å². The normalized spacial score (nSPS) is 10.7. The molecule has 5 nitrogen and oxygen atoms in total. The molecule has 2 aromatic rings. The van der Waals surface area contributed by atoms with E-state index >= 15 is 0 Å². The van der Waals surface area contributed by atoms with E-state index in [4.69, 9.17) is 14.6 Å². The minimum atomic E-state index is -0.840. The molecule has 1 N–H and O–H groups in total. The van der Waals surface area contributed by atoms with E-state index in [1.807, 2.05) is 31.2 Å². The molecule has 0 aliphatic rings. The van der Waals surface area contributed by atoms with Crippen LogP contribution in [0, 0.1) is 0 Å². The molecule has 5 heteroatoms. The molecule has 0 spiro atoms. The predicted octanol–water partition coefficient (Wildman–Crippen LogP) is 4.23. The predicted molar refractivity (Wildman–Crippen MR) is 99.8 cm³/mol. The van der Waals surface area contributed by atoms with Gasteiger partial charge >= 0.3 is 5.97 Å². The molecular weight excluding hydrogens is 332 g/mol. The zero-order chi connectivity index (χ0) is 18.8. The number of allylic oxidation sites excluding steroid dienone is 1. The largest absolute Gasteiger partial charge is 0.494 e. The number of ketones is 1. The number of rotatable bonds is 10. The van der Waals surface area contributed by atoms with Gasteiger partial charge < -0.3 is 14.6 Å². The third kappa shape index (κ3) is 6.43. The SMILES string of the molecule is CCOc1cccc(/C=C/C(=O)c2ccc(OCCCC(=O)O)cc2)c1. The lowest BCUT2D eigenvalue weighted by Crippen LogP contribution is -2.02. The fraction of sp³-hybridized carbons (Fsp3) is 0.238. The highest BCUT2D eigenvalue weighted by atomic mass is 16.5. The second-order valence-corrected chi connectivity index (χ2v) is 5.57. The van der Waals surface area contributed by atoms with Gasteiger partial charge in [0.05, 0.1) is 13.2 Å². The summed E-state index contributed by atoms with van der Waals surface area (Å²) in [5.74, 6) is 0.434. The maximum Gasteiger partial charge on any atom is 0.303 e. The molecule has 26 heavy (non-hydrogen) atoms. The van der Waals surface area contributed by atoms with E-state index in [9.17, 15) is 9.59 Å². The van der Waals surface area contributed by atoms with Gasteiger partial charge in [0.1, 0.15) is 11.5 Å². The van der Waals surface area contributed by atoms with Crippen molar-refractivity contribution in [3.8, 4) is 11.5 Å². The molecular formula is C21H22O5. The number of carboxylic acids is 1. The van der Waals surface area contributed by atoms with E-state index in [2.05, 4.69) is 0 Å². The maximum absolute atomic E-state index is 12.3. The molecule has 2 rings (SSSR count). The van der Waals surface area contributed by atoms with Crippen molar-refractivity contribution in [1.29, 1.82) is 0 Å². The van der Waals surface area contributed by atoms with Gasteiger partial charge in [-0.05, 0) is 61.4 Å². The topological polar surface area (TPSA) is 72.8 Å². The van der Waals surface area contributed by atoms with E-state index in [1.165, 1.54) is 6.08 Å². The van der Waals surface area contributed by atoms with Crippen LogP contribution in [0.15, 0.2) is 54.6 Å². The average molecular weight is 354 g/mol. The third-order valence-electron chi connectivity index (χ3n) is 3.54. The molecule has 0 saturated carbocycles. The van der Waals surface area contributed by atoms with Crippen LogP contribution in [-0.2, 0) is 4.79 Å². The molecule has 2 aromatic carbocycles. The van der Waals surface area contributed by atoms with Crippen molar-refractivity contribution in [1.82, 2.24) is 0 Å². The first-order valence-electron chi connectivity index (χ1n) is 8.48. The quantitative estimate of drug-likeness (QED) is 0.393. The Morgan fingerprint density at radius 3 is 2.50 bits per heavy atom. The van der Waals surface area contributed by atoms with Gasteiger partial charge in [0, 0.05) is 12.0 Å². The summed E-state index contributed by atoms with van der Waals surface area (Å²) in [6, 6.07) is 14.3. The first-order valence-corrected chi connectivity index (χ1v) is 8.48. The number of hydrogen-bond donors (Lipinski definition) is 1. The van der Waals surface area contributed by atoms with E-state index in [-0.39, 0.29) is 12.2 Å². The van der Waals surface area contributed by atoms with Gasteiger partial charge in [-0.25, -0.2) is 0 Å². The Morgan fingerprint density at radius 2 is 1.81 bits per heavy atom. The molecule has 0 saturated heterocycles. The van der Waals surface area contributed by atoms with Crippen molar-refractivity contribution in [2.45, 2.75) is 19.8 Å². The smallest absolute Gasteiger partial charge is 0.303 e. The van der Waals surface area contributed by atoms with Crippen molar-refractivity contribution in [3.05, 3.63) is 65.7 Å². The average Bonchev–Trinajstić information content (AvgIpc) is 2.64. The number of benzene rings is 2. The standard InChI is InChI=1S/C21H22O5/c1-2-25-19-6-3-5-16(15-19)8-13-20(22)17-9-11-18(12-10-17)26-14-4-7-21(23)24/h3,5-6,8-13,15H,2,4,7,14H2,1H3,(H,23,24)/b13-8+. The van der Waals surface area contributed by atoms with Gasteiger partial charge in [0.15, 0.2) is 5.78 Å². The summed E-state index contributed by atoms with van der Waals surface area (Å²) in [7, 11) is 0. The highest BCUT2D eigenvalue weighted by Crippen LogP contribution is 2.16. The summed E-state index contributed by atoms with van der Waals surface area (Å²) in [5.41, 5.74) is 1.45. The second-order valence-electron chi connectivity index (χ2n) is 5.57. The van der Waals surface area contributed by atoms with Crippen LogP contribution in [0.3, 0.4) is 0 Å². The van der Waals surface area contributed by atoms with Crippen molar-refractivity contribution in [2.75, 3.05) is 13.2 Å². The Kier molecular flexibility index (Phi) is 7.43. The molecule has 0 atom stereocenters. The lowest BCUT2D eigenvalue weighted by Gasteiger charge is -2.05. The summed E-state index contributed by atoms with van der Waals surface area (Å²) in [6.45, 7) is 2.85. The lowest BCUT2D eigenvalue weighted by atomic mass is 10.1. The molecule has 136 valence electrons. The van der Waals surface area contributed by atoms with Crippen molar-refractivity contribution < 1.29 is 24.2 Å². The minimum absolute atomic E-state index is 0.0753. The van der Waals surface area contributed by atoms with Crippen molar-refractivity contribution in [2.24, 2.45) is 0 Å². The summed E-state index contributed by atoms with van der Waals surface area (Å²) in [4.78, 5) is 22.7. The Bertz CT molecular complexity index is 762. The van der Waals surface area contributed by atoms with E-state index in [1.54, 1.807) is 30.3 Å². The number of carboxylic acid groups (broad SMARTS) is 1. The first kappa shape index (κ1) is 19.2. The molecule has 0 aliphatic heterocycles. The van der Waals surface area contributed by atoms with E-state index in [0.29, 0.717) is 30.9 Å². The summed E-state index contributed by atoms with van der Waals surface area (Å²) >= 11 is 0. The second kappa shape index (κ2) is 10.0. The summed E-state index contributed by atoms with van der Waals surface area (Å²) in [5, 5.41) is 8.58. The lowest BCUT2D eigenvalue weighted by molar-refractivity contribution is -0.137. The minimum Gasteiger partial charge on any atom is -0.494 e. The van der Waals surface area contributed by atoms with Crippen LogP contribution in [0.1, 0.15) is 35.7 Å². The maximum atomic E-state index is 12.3. The van der Waals surface area contributed by atoms with Crippen LogP contribution < -0.4 is 9.47 Å². The molecule has 0 aliphatic carbocycles. The van der Waals surface area contributed by atoms with E-state index < -0.39 is 5.97 Å². The van der Waals surface area contributed by atoms with Gasteiger partial charge in [-0.2, -0.15) is 0 Å². The molecule has 0 amide bonds. The van der Waals surface area contributed by atoms with Crippen LogP contribution in [0.2, 0.25) is 0 Å². The molecule has 0 bridgehead atoms. The van der Waals surface area contributed by atoms with Gasteiger partial charge in [0.25, 0.3) is 0 Å². The number of hydrogen-bond acceptors (Lipinski definition) is 4. The third-order valence-corrected chi connectivity index (χ3v) is 3.54.